The molecule has 0 spiro atoms. The van der Waals surface area contributed by atoms with Gasteiger partial charge in [-0.25, -0.2) is 4.79 Å². The molecule has 38 heavy (non-hydrogen) atoms. The minimum absolute atomic E-state index is 0.136. The Labute approximate surface area is 232 Å². The van der Waals surface area contributed by atoms with Crippen LogP contribution in [-0.4, -0.2) is 34.0 Å². The van der Waals surface area contributed by atoms with E-state index in [9.17, 15) is 9.59 Å². The van der Waals surface area contributed by atoms with E-state index >= 15 is 0 Å². The molecule has 6 nitrogen and oxygen atoms in total. The Morgan fingerprint density at radius 1 is 0.895 bits per heavy atom. The first-order valence-electron chi connectivity index (χ1n) is 12.4. The van der Waals surface area contributed by atoms with Crippen molar-refractivity contribution >= 4 is 46.5 Å². The molecule has 0 radical (unpaired) electrons. The second kappa shape index (κ2) is 10.6. The maximum absolute atomic E-state index is 14.2. The molecule has 0 aliphatic carbocycles. The molecule has 0 saturated heterocycles. The molecule has 1 aliphatic rings. The fourth-order valence-corrected chi connectivity index (χ4v) is 5.32. The van der Waals surface area contributed by atoms with Gasteiger partial charge in [0.2, 0.25) is 5.91 Å². The number of aromatic nitrogens is 1. The number of fused-ring (bicyclic) bond motifs is 3. The van der Waals surface area contributed by atoms with Crippen LogP contribution >= 0.6 is 23.2 Å². The van der Waals surface area contributed by atoms with Crippen LogP contribution in [0.4, 0.5) is 16.2 Å². The monoisotopic (exact) mass is 546 g/mol. The van der Waals surface area contributed by atoms with Gasteiger partial charge in [-0.1, -0.05) is 71.2 Å². The van der Waals surface area contributed by atoms with Crippen molar-refractivity contribution in [2.75, 3.05) is 16.8 Å². The standard InChI is InChI=1S/C30H28Cl2N4O2/c1-19(2)35(30(38)33-28-22(31)8-6-9-23(28)32)18-27(37)36-25-11-5-4-10-24(25)34-17-7-12-26(34)29(36)21-15-13-20(3)14-16-21/h4-17,19,29H,18H2,1-3H3,(H,33,38). The minimum atomic E-state index is -0.455. The summed E-state index contributed by atoms with van der Waals surface area (Å²) in [6.45, 7) is 5.64. The van der Waals surface area contributed by atoms with Crippen LogP contribution in [0.1, 0.15) is 36.7 Å². The van der Waals surface area contributed by atoms with Crippen molar-refractivity contribution in [3.05, 3.63) is 112 Å². The molecule has 4 aromatic rings. The number of para-hydroxylation sites is 3. The second-order valence-electron chi connectivity index (χ2n) is 9.62. The summed E-state index contributed by atoms with van der Waals surface area (Å²) in [5.41, 5.74) is 5.11. The molecule has 1 atom stereocenters. The van der Waals surface area contributed by atoms with Gasteiger partial charge in [-0.2, -0.15) is 0 Å². The van der Waals surface area contributed by atoms with Crippen LogP contribution in [0, 0.1) is 6.92 Å². The van der Waals surface area contributed by atoms with E-state index in [-0.39, 0.29) is 24.5 Å². The van der Waals surface area contributed by atoms with E-state index in [1.165, 1.54) is 4.90 Å². The highest BCUT2D eigenvalue weighted by molar-refractivity contribution is 6.39. The second-order valence-corrected chi connectivity index (χ2v) is 10.4. The van der Waals surface area contributed by atoms with Crippen LogP contribution in [0.2, 0.25) is 10.0 Å². The number of hydrogen-bond acceptors (Lipinski definition) is 2. The minimum Gasteiger partial charge on any atom is -0.316 e. The number of rotatable bonds is 5. The Kier molecular flexibility index (Phi) is 7.19. The van der Waals surface area contributed by atoms with Crippen LogP contribution in [0.3, 0.4) is 0 Å². The summed E-state index contributed by atoms with van der Waals surface area (Å²) in [6.07, 6.45) is 2.01. The van der Waals surface area contributed by atoms with Crippen LogP contribution in [0.25, 0.3) is 5.69 Å². The van der Waals surface area contributed by atoms with Crippen LogP contribution < -0.4 is 10.2 Å². The molecular formula is C30H28Cl2N4O2. The molecule has 8 heteroatoms. The summed E-state index contributed by atoms with van der Waals surface area (Å²) in [7, 11) is 0. The number of anilines is 2. The van der Waals surface area contributed by atoms with Gasteiger partial charge >= 0.3 is 6.03 Å². The molecule has 0 saturated carbocycles. The first-order valence-corrected chi connectivity index (χ1v) is 13.2. The van der Waals surface area contributed by atoms with Crippen molar-refractivity contribution in [1.29, 1.82) is 0 Å². The van der Waals surface area contributed by atoms with E-state index in [1.807, 2.05) is 75.5 Å². The number of carbonyl (C=O) groups excluding carboxylic acids is 2. The van der Waals surface area contributed by atoms with Gasteiger partial charge in [0.25, 0.3) is 0 Å². The lowest BCUT2D eigenvalue weighted by Crippen LogP contribution is -2.49. The Morgan fingerprint density at radius 2 is 1.55 bits per heavy atom. The van der Waals surface area contributed by atoms with Crippen LogP contribution in [0.15, 0.2) is 85.1 Å². The molecule has 1 aromatic heterocycles. The summed E-state index contributed by atoms with van der Waals surface area (Å²) in [5.74, 6) is -0.204. The average Bonchev–Trinajstić information content (AvgIpc) is 3.39. The number of halogens is 2. The van der Waals surface area contributed by atoms with Gasteiger partial charge in [-0.05, 0) is 62.7 Å². The largest absolute Gasteiger partial charge is 0.322 e. The Morgan fingerprint density at radius 3 is 2.21 bits per heavy atom. The van der Waals surface area contributed by atoms with Gasteiger partial charge in [0.15, 0.2) is 0 Å². The SMILES string of the molecule is Cc1ccc(C2c3cccn3-c3ccccc3N2C(=O)CN(C(=O)Nc2c(Cl)cccc2Cl)C(C)C)cc1. The van der Waals surface area contributed by atoms with Crippen molar-refractivity contribution in [3.63, 3.8) is 0 Å². The highest BCUT2D eigenvalue weighted by Gasteiger charge is 2.37. The predicted molar refractivity (Wildman–Crippen MR) is 154 cm³/mol. The molecule has 0 bridgehead atoms. The fourth-order valence-electron chi connectivity index (χ4n) is 4.83. The lowest BCUT2D eigenvalue weighted by Gasteiger charge is -2.40. The first-order chi connectivity index (χ1) is 18.3. The van der Waals surface area contributed by atoms with Crippen molar-refractivity contribution in [3.8, 4) is 5.69 Å². The van der Waals surface area contributed by atoms with E-state index in [1.54, 1.807) is 23.1 Å². The van der Waals surface area contributed by atoms with Crippen molar-refractivity contribution in [2.24, 2.45) is 0 Å². The Bertz CT molecular complexity index is 1480. The third kappa shape index (κ3) is 4.77. The summed E-state index contributed by atoms with van der Waals surface area (Å²) in [4.78, 5) is 30.9. The average molecular weight is 547 g/mol. The summed E-state index contributed by atoms with van der Waals surface area (Å²) in [6, 6.07) is 24.0. The molecule has 1 aliphatic heterocycles. The van der Waals surface area contributed by atoms with Gasteiger partial charge in [0, 0.05) is 12.2 Å². The maximum atomic E-state index is 14.2. The topological polar surface area (TPSA) is 57.6 Å². The quantitative estimate of drug-likeness (QED) is 0.282. The zero-order valence-electron chi connectivity index (χ0n) is 21.4. The first kappa shape index (κ1) is 25.9. The predicted octanol–water partition coefficient (Wildman–Crippen LogP) is 7.47. The Hall–Kier alpha value is -3.74. The lowest BCUT2D eigenvalue weighted by atomic mass is 9.97. The van der Waals surface area contributed by atoms with E-state index in [2.05, 4.69) is 22.0 Å². The lowest BCUT2D eigenvalue weighted by molar-refractivity contribution is -0.119. The third-order valence-corrected chi connectivity index (χ3v) is 7.40. The van der Waals surface area contributed by atoms with E-state index in [0.717, 1.165) is 28.2 Å². The van der Waals surface area contributed by atoms with E-state index < -0.39 is 6.03 Å². The highest BCUT2D eigenvalue weighted by atomic mass is 35.5. The number of urea groups is 1. The van der Waals surface area contributed by atoms with Gasteiger partial charge in [-0.15, -0.1) is 0 Å². The fraction of sp³-hybridized carbons (Fsp3) is 0.200. The number of amides is 3. The smallest absolute Gasteiger partial charge is 0.316 e. The third-order valence-electron chi connectivity index (χ3n) is 6.77. The summed E-state index contributed by atoms with van der Waals surface area (Å²) in [5, 5.41) is 3.45. The van der Waals surface area contributed by atoms with Crippen molar-refractivity contribution in [2.45, 2.75) is 32.9 Å². The maximum Gasteiger partial charge on any atom is 0.322 e. The van der Waals surface area contributed by atoms with Crippen LogP contribution in [-0.2, 0) is 4.79 Å². The summed E-state index contributed by atoms with van der Waals surface area (Å²) < 4.78 is 2.12. The van der Waals surface area contributed by atoms with Gasteiger partial charge in [0.1, 0.15) is 12.6 Å². The molecule has 0 fully saturated rings. The van der Waals surface area contributed by atoms with E-state index in [0.29, 0.717) is 15.7 Å². The van der Waals surface area contributed by atoms with Crippen LogP contribution in [0.5, 0.6) is 0 Å². The molecule has 1 N–H and O–H groups in total. The van der Waals surface area contributed by atoms with E-state index in [4.69, 9.17) is 23.2 Å². The zero-order chi connectivity index (χ0) is 27.0. The number of hydrogen-bond donors (Lipinski definition) is 1. The number of nitrogens with one attached hydrogen (secondary N) is 1. The molecule has 3 aromatic carbocycles. The highest BCUT2D eigenvalue weighted by Crippen LogP contribution is 2.42. The van der Waals surface area contributed by atoms with Gasteiger partial charge < -0.3 is 14.8 Å². The molecule has 194 valence electrons. The molecule has 2 heterocycles. The van der Waals surface area contributed by atoms with Crippen molar-refractivity contribution in [1.82, 2.24) is 9.47 Å². The Balaban J connectivity index is 1.52. The van der Waals surface area contributed by atoms with Crippen molar-refractivity contribution < 1.29 is 9.59 Å². The van der Waals surface area contributed by atoms with Gasteiger partial charge in [-0.3, -0.25) is 9.69 Å². The van der Waals surface area contributed by atoms with Gasteiger partial charge in [0.05, 0.1) is 32.8 Å². The molecule has 1 unspecified atom stereocenters. The normalized spacial score (nSPS) is 14.2. The number of benzene rings is 3. The molecule has 5 rings (SSSR count). The number of carbonyl (C=O) groups is 2. The zero-order valence-corrected chi connectivity index (χ0v) is 22.9. The summed E-state index contributed by atoms with van der Waals surface area (Å²) >= 11 is 12.6. The molecule has 3 amide bonds. The molecular weight excluding hydrogens is 519 g/mol. The number of aryl methyl sites for hydroxylation is 1. The number of nitrogens with zero attached hydrogens (tertiary/aromatic N) is 3.